The standard InChI is InChI=1S/C13H15F3O5/c1-2-19-11(12(17)18)7-8-20-9-5-3-4-6-10(9)21-13(14,15)16/h3-6,11H,2,7-8H2,1H3,(H,17,18). The van der Waals surface area contributed by atoms with E-state index in [9.17, 15) is 18.0 Å². The van der Waals surface area contributed by atoms with E-state index in [0.29, 0.717) is 0 Å². The number of ether oxygens (including phenoxy) is 3. The largest absolute Gasteiger partial charge is 0.573 e. The first-order valence-corrected chi connectivity index (χ1v) is 6.15. The van der Waals surface area contributed by atoms with Crippen LogP contribution in [-0.4, -0.2) is 36.8 Å². The second-order valence-electron chi connectivity index (χ2n) is 3.91. The maximum Gasteiger partial charge on any atom is 0.573 e. The number of rotatable bonds is 8. The number of hydrogen-bond donors (Lipinski definition) is 1. The lowest BCUT2D eigenvalue weighted by Crippen LogP contribution is -2.26. The maximum absolute atomic E-state index is 12.2. The summed E-state index contributed by atoms with van der Waals surface area (Å²) in [5.41, 5.74) is 0. The lowest BCUT2D eigenvalue weighted by molar-refractivity contribution is -0.275. The van der Waals surface area contributed by atoms with Crippen LogP contribution in [0, 0.1) is 0 Å². The number of carboxylic acids is 1. The number of para-hydroxylation sites is 2. The summed E-state index contributed by atoms with van der Waals surface area (Å²) in [4.78, 5) is 10.8. The van der Waals surface area contributed by atoms with Crippen LogP contribution in [0.25, 0.3) is 0 Å². The Morgan fingerprint density at radius 1 is 1.29 bits per heavy atom. The second-order valence-corrected chi connectivity index (χ2v) is 3.91. The van der Waals surface area contributed by atoms with Gasteiger partial charge < -0.3 is 19.3 Å². The number of benzene rings is 1. The van der Waals surface area contributed by atoms with Gasteiger partial charge >= 0.3 is 12.3 Å². The fraction of sp³-hybridized carbons (Fsp3) is 0.462. The van der Waals surface area contributed by atoms with Crippen molar-refractivity contribution in [3.8, 4) is 11.5 Å². The summed E-state index contributed by atoms with van der Waals surface area (Å²) in [7, 11) is 0. The summed E-state index contributed by atoms with van der Waals surface area (Å²) in [5.74, 6) is -1.75. The Labute approximate surface area is 119 Å². The molecule has 0 saturated heterocycles. The number of carbonyl (C=O) groups is 1. The molecule has 1 aromatic rings. The summed E-state index contributed by atoms with van der Waals surface area (Å²) >= 11 is 0. The molecule has 0 aliphatic carbocycles. The van der Waals surface area contributed by atoms with E-state index in [-0.39, 0.29) is 25.4 Å². The summed E-state index contributed by atoms with van der Waals surface area (Å²) in [6, 6.07) is 5.27. The second kappa shape index (κ2) is 7.72. The van der Waals surface area contributed by atoms with Crippen LogP contribution in [0.4, 0.5) is 13.2 Å². The van der Waals surface area contributed by atoms with Gasteiger partial charge in [0.15, 0.2) is 17.6 Å². The smallest absolute Gasteiger partial charge is 0.490 e. The normalized spacial score (nSPS) is 12.8. The molecule has 0 bridgehead atoms. The molecule has 118 valence electrons. The summed E-state index contributed by atoms with van der Waals surface area (Å²) in [6.07, 6.45) is -5.89. The first-order valence-electron chi connectivity index (χ1n) is 6.15. The van der Waals surface area contributed by atoms with Crippen LogP contribution in [-0.2, 0) is 9.53 Å². The van der Waals surface area contributed by atoms with Crippen LogP contribution in [0.1, 0.15) is 13.3 Å². The van der Waals surface area contributed by atoms with Gasteiger partial charge in [-0.25, -0.2) is 4.79 Å². The van der Waals surface area contributed by atoms with Crippen molar-refractivity contribution in [3.63, 3.8) is 0 Å². The van der Waals surface area contributed by atoms with Gasteiger partial charge in [0, 0.05) is 13.0 Å². The van der Waals surface area contributed by atoms with Gasteiger partial charge in [-0.05, 0) is 19.1 Å². The van der Waals surface area contributed by atoms with Crippen molar-refractivity contribution < 1.29 is 37.3 Å². The van der Waals surface area contributed by atoms with E-state index in [0.717, 1.165) is 6.07 Å². The Bertz CT molecular complexity index is 461. The molecule has 0 aliphatic rings. The molecule has 1 unspecified atom stereocenters. The minimum atomic E-state index is -4.83. The van der Waals surface area contributed by atoms with Crippen LogP contribution < -0.4 is 9.47 Å². The Hall–Kier alpha value is -1.96. The van der Waals surface area contributed by atoms with Gasteiger partial charge in [-0.15, -0.1) is 13.2 Å². The van der Waals surface area contributed by atoms with Crippen LogP contribution in [0.2, 0.25) is 0 Å². The van der Waals surface area contributed by atoms with E-state index < -0.39 is 24.2 Å². The van der Waals surface area contributed by atoms with Gasteiger partial charge in [0.2, 0.25) is 0 Å². The van der Waals surface area contributed by atoms with Gasteiger partial charge in [0.1, 0.15) is 0 Å². The topological polar surface area (TPSA) is 65.0 Å². The minimum absolute atomic E-state index is 0.00350. The zero-order valence-corrected chi connectivity index (χ0v) is 11.2. The maximum atomic E-state index is 12.2. The molecule has 1 N–H and O–H groups in total. The average Bonchev–Trinajstić information content (AvgIpc) is 2.37. The van der Waals surface area contributed by atoms with Crippen LogP contribution >= 0.6 is 0 Å². The molecular formula is C13H15F3O5. The molecule has 21 heavy (non-hydrogen) atoms. The molecular weight excluding hydrogens is 293 g/mol. The molecule has 0 aliphatic heterocycles. The highest BCUT2D eigenvalue weighted by molar-refractivity contribution is 5.72. The molecule has 1 rings (SSSR count). The first-order chi connectivity index (χ1) is 9.83. The third kappa shape index (κ3) is 6.35. The summed E-state index contributed by atoms with van der Waals surface area (Å²) < 4.78 is 50.5. The molecule has 0 saturated carbocycles. The van der Waals surface area contributed by atoms with Crippen molar-refractivity contribution in [3.05, 3.63) is 24.3 Å². The summed E-state index contributed by atoms with van der Waals surface area (Å²) in [5, 5.41) is 8.85. The highest BCUT2D eigenvalue weighted by Gasteiger charge is 2.32. The first kappa shape index (κ1) is 17.1. The average molecular weight is 308 g/mol. The van der Waals surface area contributed by atoms with Crippen molar-refractivity contribution in [1.82, 2.24) is 0 Å². The molecule has 1 atom stereocenters. The van der Waals surface area contributed by atoms with Crippen molar-refractivity contribution in [1.29, 1.82) is 0 Å². The zero-order valence-electron chi connectivity index (χ0n) is 11.2. The zero-order chi connectivity index (χ0) is 15.9. The Morgan fingerprint density at radius 2 is 1.90 bits per heavy atom. The molecule has 5 nitrogen and oxygen atoms in total. The molecule has 0 aromatic heterocycles. The molecule has 0 radical (unpaired) electrons. The van der Waals surface area contributed by atoms with Crippen LogP contribution in [0.15, 0.2) is 24.3 Å². The van der Waals surface area contributed by atoms with Gasteiger partial charge in [0.25, 0.3) is 0 Å². The van der Waals surface area contributed by atoms with Gasteiger partial charge in [-0.2, -0.15) is 0 Å². The fourth-order valence-electron chi connectivity index (χ4n) is 1.53. The lowest BCUT2D eigenvalue weighted by atomic mass is 10.2. The quantitative estimate of drug-likeness (QED) is 0.800. The molecule has 8 heteroatoms. The predicted molar refractivity (Wildman–Crippen MR) is 66.3 cm³/mol. The third-order valence-electron chi connectivity index (χ3n) is 2.36. The number of hydrogen-bond acceptors (Lipinski definition) is 4. The number of carboxylic acid groups (broad SMARTS) is 1. The molecule has 0 fully saturated rings. The van der Waals surface area contributed by atoms with E-state index in [1.807, 2.05) is 0 Å². The number of aliphatic carboxylic acids is 1. The number of alkyl halides is 3. The fourth-order valence-corrected chi connectivity index (χ4v) is 1.53. The third-order valence-corrected chi connectivity index (χ3v) is 2.36. The van der Waals surface area contributed by atoms with Gasteiger partial charge in [-0.3, -0.25) is 0 Å². The minimum Gasteiger partial charge on any atom is -0.490 e. The molecule has 1 aromatic carbocycles. The van der Waals surface area contributed by atoms with Gasteiger partial charge in [0.05, 0.1) is 6.61 Å². The predicted octanol–water partition coefficient (Wildman–Crippen LogP) is 2.84. The van der Waals surface area contributed by atoms with Crippen LogP contribution in [0.3, 0.4) is 0 Å². The van der Waals surface area contributed by atoms with Crippen LogP contribution in [0.5, 0.6) is 11.5 Å². The lowest BCUT2D eigenvalue weighted by Gasteiger charge is -2.15. The Morgan fingerprint density at radius 3 is 2.43 bits per heavy atom. The number of halogens is 3. The van der Waals surface area contributed by atoms with Crippen molar-refractivity contribution in [2.24, 2.45) is 0 Å². The SMILES string of the molecule is CCOC(CCOc1ccccc1OC(F)(F)F)C(=O)O. The monoisotopic (exact) mass is 308 g/mol. The van der Waals surface area contributed by atoms with E-state index in [1.54, 1.807) is 6.92 Å². The van der Waals surface area contributed by atoms with E-state index in [1.165, 1.54) is 18.2 Å². The molecule has 0 amide bonds. The van der Waals surface area contributed by atoms with Crippen molar-refractivity contribution in [2.75, 3.05) is 13.2 Å². The molecule has 0 spiro atoms. The van der Waals surface area contributed by atoms with Gasteiger partial charge in [-0.1, -0.05) is 12.1 Å². The Balaban J connectivity index is 2.61. The highest BCUT2D eigenvalue weighted by atomic mass is 19.4. The van der Waals surface area contributed by atoms with E-state index >= 15 is 0 Å². The van der Waals surface area contributed by atoms with Crippen molar-refractivity contribution >= 4 is 5.97 Å². The highest BCUT2D eigenvalue weighted by Crippen LogP contribution is 2.31. The van der Waals surface area contributed by atoms with E-state index in [4.69, 9.17) is 14.6 Å². The van der Waals surface area contributed by atoms with E-state index in [2.05, 4.69) is 4.74 Å². The summed E-state index contributed by atoms with van der Waals surface area (Å²) in [6.45, 7) is 1.74. The molecule has 0 heterocycles. The van der Waals surface area contributed by atoms with Crippen molar-refractivity contribution in [2.45, 2.75) is 25.8 Å². The Kier molecular flexibility index (Phi) is 6.29.